The Morgan fingerprint density at radius 3 is 2.73 bits per heavy atom. The highest BCUT2D eigenvalue weighted by molar-refractivity contribution is 6.34. The number of hydrogen-bond donors (Lipinski definition) is 0. The third-order valence-corrected chi connectivity index (χ3v) is 4.40. The molecule has 2 aromatic heterocycles. The minimum atomic E-state index is -4.38. The summed E-state index contributed by atoms with van der Waals surface area (Å²) in [5.74, 6) is 0. The number of benzene rings is 1. The van der Waals surface area contributed by atoms with Crippen molar-refractivity contribution in [3.05, 3.63) is 35.2 Å². The van der Waals surface area contributed by atoms with Crippen LogP contribution in [-0.2, 0) is 17.8 Å². The number of rotatable bonds is 6. The summed E-state index contributed by atoms with van der Waals surface area (Å²) >= 11 is 6.08. The molecule has 26 heavy (non-hydrogen) atoms. The van der Waals surface area contributed by atoms with E-state index in [1.54, 1.807) is 13.2 Å². The van der Waals surface area contributed by atoms with E-state index in [1.807, 2.05) is 19.2 Å². The van der Waals surface area contributed by atoms with Crippen LogP contribution in [0.1, 0.15) is 5.56 Å². The number of likely N-dealkylation sites (N-methyl/N-ethyl adjacent to an activating group) is 1. The third-order valence-electron chi connectivity index (χ3n) is 4.12. The van der Waals surface area contributed by atoms with Crippen molar-refractivity contribution in [2.75, 3.05) is 27.3 Å². The van der Waals surface area contributed by atoms with Gasteiger partial charge in [0.05, 0.1) is 12.1 Å². The van der Waals surface area contributed by atoms with Gasteiger partial charge in [0.1, 0.15) is 23.9 Å². The number of hydrogen-bond acceptors (Lipinski definition) is 4. The number of methoxy groups -OCH3 is 1. The highest BCUT2D eigenvalue weighted by Crippen LogP contribution is 2.34. The fraction of sp³-hybridized carbons (Fsp3) is 0.412. The van der Waals surface area contributed by atoms with Crippen LogP contribution < -0.4 is 0 Å². The zero-order valence-corrected chi connectivity index (χ0v) is 15.1. The summed E-state index contributed by atoms with van der Waals surface area (Å²) in [4.78, 5) is 10.1. The Kier molecular flexibility index (Phi) is 5.36. The summed E-state index contributed by atoms with van der Waals surface area (Å²) in [7, 11) is 3.59. The van der Waals surface area contributed by atoms with E-state index in [-0.39, 0.29) is 10.7 Å². The van der Waals surface area contributed by atoms with Crippen LogP contribution in [0.3, 0.4) is 0 Å². The van der Waals surface area contributed by atoms with E-state index < -0.39 is 12.7 Å². The van der Waals surface area contributed by atoms with Gasteiger partial charge in [0.2, 0.25) is 0 Å². The lowest BCUT2D eigenvalue weighted by molar-refractivity contribution is -0.139. The summed E-state index contributed by atoms with van der Waals surface area (Å²) < 4.78 is 45.3. The first-order valence-corrected chi connectivity index (χ1v) is 8.33. The van der Waals surface area contributed by atoms with Gasteiger partial charge < -0.3 is 9.30 Å². The SMILES string of the molecule is COCCN(C)Cc1ccc2c(c1)c1ncnc(Cl)c1n2CC(F)(F)F. The van der Waals surface area contributed by atoms with Gasteiger partial charge in [0.15, 0.2) is 5.15 Å². The minimum Gasteiger partial charge on any atom is -0.383 e. The van der Waals surface area contributed by atoms with Crippen molar-refractivity contribution < 1.29 is 17.9 Å². The maximum atomic E-state index is 13.1. The zero-order chi connectivity index (χ0) is 18.9. The molecule has 0 aliphatic heterocycles. The normalized spacial score (nSPS) is 12.6. The number of halogens is 4. The molecule has 0 aliphatic rings. The molecule has 0 saturated heterocycles. The highest BCUT2D eigenvalue weighted by atomic mass is 35.5. The second-order valence-electron chi connectivity index (χ2n) is 6.15. The van der Waals surface area contributed by atoms with Gasteiger partial charge in [-0.05, 0) is 24.7 Å². The van der Waals surface area contributed by atoms with E-state index in [1.165, 1.54) is 6.33 Å². The second-order valence-corrected chi connectivity index (χ2v) is 6.50. The van der Waals surface area contributed by atoms with E-state index >= 15 is 0 Å². The van der Waals surface area contributed by atoms with Crippen molar-refractivity contribution in [1.29, 1.82) is 0 Å². The van der Waals surface area contributed by atoms with Gasteiger partial charge in [-0.25, -0.2) is 9.97 Å². The minimum absolute atomic E-state index is 0.00853. The van der Waals surface area contributed by atoms with E-state index in [0.717, 1.165) is 16.7 Å². The molecule has 0 saturated carbocycles. The van der Waals surface area contributed by atoms with E-state index in [0.29, 0.717) is 29.6 Å². The topological polar surface area (TPSA) is 43.2 Å². The first-order valence-electron chi connectivity index (χ1n) is 7.95. The monoisotopic (exact) mass is 386 g/mol. The van der Waals surface area contributed by atoms with E-state index in [2.05, 4.69) is 14.9 Å². The van der Waals surface area contributed by atoms with Crippen LogP contribution in [0.25, 0.3) is 21.9 Å². The Balaban J connectivity index is 2.09. The van der Waals surface area contributed by atoms with Gasteiger partial charge in [-0.2, -0.15) is 13.2 Å². The fourth-order valence-electron chi connectivity index (χ4n) is 3.00. The van der Waals surface area contributed by atoms with Gasteiger partial charge in [0, 0.05) is 25.6 Å². The fourth-order valence-corrected chi connectivity index (χ4v) is 3.24. The molecule has 0 radical (unpaired) electrons. The molecule has 0 amide bonds. The first-order chi connectivity index (χ1) is 12.3. The Labute approximate surface area is 153 Å². The van der Waals surface area contributed by atoms with Crippen molar-refractivity contribution >= 4 is 33.5 Å². The van der Waals surface area contributed by atoms with Gasteiger partial charge in [-0.3, -0.25) is 4.90 Å². The molecule has 1 aromatic carbocycles. The Hall–Kier alpha value is -1.90. The molecule has 3 aromatic rings. The van der Waals surface area contributed by atoms with E-state index in [9.17, 15) is 13.2 Å². The maximum Gasteiger partial charge on any atom is 0.406 e. The van der Waals surface area contributed by atoms with Crippen LogP contribution >= 0.6 is 11.6 Å². The molecule has 140 valence electrons. The number of alkyl halides is 3. The molecular weight excluding hydrogens is 369 g/mol. The maximum absolute atomic E-state index is 13.1. The quantitative estimate of drug-likeness (QED) is 0.603. The predicted octanol–water partition coefficient (Wildman–Crippen LogP) is 3.88. The van der Waals surface area contributed by atoms with Crippen molar-refractivity contribution in [3.8, 4) is 0 Å². The average molecular weight is 387 g/mol. The van der Waals surface area contributed by atoms with Crippen molar-refractivity contribution in [1.82, 2.24) is 19.4 Å². The molecule has 0 N–H and O–H groups in total. The zero-order valence-electron chi connectivity index (χ0n) is 14.3. The highest BCUT2D eigenvalue weighted by Gasteiger charge is 2.30. The van der Waals surface area contributed by atoms with Crippen LogP contribution in [0.5, 0.6) is 0 Å². The lowest BCUT2D eigenvalue weighted by Gasteiger charge is -2.16. The molecule has 2 heterocycles. The molecule has 0 aliphatic carbocycles. The molecule has 0 atom stereocenters. The van der Waals surface area contributed by atoms with Gasteiger partial charge >= 0.3 is 6.18 Å². The molecule has 9 heteroatoms. The number of aromatic nitrogens is 3. The Morgan fingerprint density at radius 2 is 2.04 bits per heavy atom. The van der Waals surface area contributed by atoms with Gasteiger partial charge in [-0.15, -0.1) is 0 Å². The molecule has 0 spiro atoms. The lowest BCUT2D eigenvalue weighted by atomic mass is 10.1. The van der Waals surface area contributed by atoms with E-state index in [4.69, 9.17) is 16.3 Å². The predicted molar refractivity (Wildman–Crippen MR) is 94.3 cm³/mol. The summed E-state index contributed by atoms with van der Waals surface area (Å²) in [5, 5.41) is 0.639. The van der Waals surface area contributed by atoms with Crippen LogP contribution in [-0.4, -0.2) is 52.9 Å². The number of ether oxygens (including phenoxy) is 1. The van der Waals surface area contributed by atoms with Crippen molar-refractivity contribution in [3.63, 3.8) is 0 Å². The Bertz CT molecular complexity index is 926. The lowest BCUT2D eigenvalue weighted by Crippen LogP contribution is -2.22. The molecule has 0 fully saturated rings. The molecule has 3 rings (SSSR count). The summed E-state index contributed by atoms with van der Waals surface area (Å²) in [6.07, 6.45) is -3.11. The molecular formula is C17H18ClF3N4O. The average Bonchev–Trinajstić information content (AvgIpc) is 2.86. The van der Waals surface area contributed by atoms with Crippen molar-refractivity contribution in [2.24, 2.45) is 0 Å². The number of fused-ring (bicyclic) bond motifs is 3. The van der Waals surface area contributed by atoms with Crippen LogP contribution in [0, 0.1) is 0 Å². The molecule has 0 unspecified atom stereocenters. The summed E-state index contributed by atoms with van der Waals surface area (Å²) in [6, 6.07) is 5.36. The third kappa shape index (κ3) is 3.92. The summed E-state index contributed by atoms with van der Waals surface area (Å²) in [6.45, 7) is 0.849. The number of nitrogens with zero attached hydrogens (tertiary/aromatic N) is 4. The van der Waals surface area contributed by atoms with Crippen LogP contribution in [0.2, 0.25) is 5.15 Å². The first kappa shape index (κ1) is 18.9. The molecule has 5 nitrogen and oxygen atoms in total. The van der Waals surface area contributed by atoms with Crippen LogP contribution in [0.15, 0.2) is 24.5 Å². The van der Waals surface area contributed by atoms with Crippen LogP contribution in [0.4, 0.5) is 13.2 Å². The standard InChI is InChI=1S/C17H18ClF3N4O/c1-24(5-6-26-2)8-11-3-4-13-12(7-11)14-15(16(18)23-10-22-14)25(13)9-17(19,20)21/h3-4,7,10H,5-6,8-9H2,1-2H3. The second kappa shape index (κ2) is 7.38. The van der Waals surface area contributed by atoms with Gasteiger partial charge in [0.25, 0.3) is 0 Å². The van der Waals surface area contributed by atoms with Gasteiger partial charge in [-0.1, -0.05) is 17.7 Å². The Morgan fingerprint density at radius 1 is 1.27 bits per heavy atom. The largest absolute Gasteiger partial charge is 0.406 e. The summed E-state index contributed by atoms with van der Waals surface area (Å²) in [5.41, 5.74) is 2.02. The molecule has 0 bridgehead atoms. The van der Waals surface area contributed by atoms with Crippen molar-refractivity contribution in [2.45, 2.75) is 19.3 Å². The smallest absolute Gasteiger partial charge is 0.383 e.